The molecule has 0 saturated heterocycles. The summed E-state index contributed by atoms with van der Waals surface area (Å²) in [7, 11) is 0. The maximum atomic E-state index is 12.8. The van der Waals surface area contributed by atoms with Crippen molar-refractivity contribution in [2.45, 2.75) is 12.7 Å². The van der Waals surface area contributed by atoms with Crippen LogP contribution in [0.15, 0.2) is 59.3 Å². The minimum absolute atomic E-state index is 0.0150. The topological polar surface area (TPSA) is 52.0 Å². The molecule has 2 aromatic carbocycles. The Kier molecular flexibility index (Phi) is 4.84. The van der Waals surface area contributed by atoms with E-state index in [0.29, 0.717) is 22.2 Å². The van der Waals surface area contributed by atoms with Crippen LogP contribution in [0.25, 0.3) is 5.70 Å². The van der Waals surface area contributed by atoms with E-state index in [1.807, 2.05) is 30.3 Å². The molecule has 0 unspecified atom stereocenters. The van der Waals surface area contributed by atoms with Gasteiger partial charge in [0.2, 0.25) is 5.95 Å². The standard InChI is InChI=1S/C18H12BrClF2N4O/c19-11-3-1-10(2-4-11)15-8-14(25-18-23-9-24-26(15)18)13-6-5-12(20)7-16(13)27-17(21)22/h1-9,15,17H,(H,23,24,25)/t15-/m0/s1. The van der Waals surface area contributed by atoms with Gasteiger partial charge in [-0.3, -0.25) is 0 Å². The van der Waals surface area contributed by atoms with Gasteiger partial charge in [-0.05, 0) is 42.0 Å². The maximum Gasteiger partial charge on any atom is 0.387 e. The lowest BCUT2D eigenvalue weighted by Gasteiger charge is -2.25. The summed E-state index contributed by atoms with van der Waals surface area (Å²) in [4.78, 5) is 4.21. The summed E-state index contributed by atoms with van der Waals surface area (Å²) >= 11 is 9.37. The second kappa shape index (κ2) is 7.28. The van der Waals surface area contributed by atoms with Gasteiger partial charge >= 0.3 is 6.61 Å². The molecule has 1 atom stereocenters. The monoisotopic (exact) mass is 452 g/mol. The molecule has 0 saturated carbocycles. The van der Waals surface area contributed by atoms with Crippen LogP contribution in [0.1, 0.15) is 17.2 Å². The molecule has 9 heteroatoms. The quantitative estimate of drug-likeness (QED) is 0.578. The number of hydrogen-bond acceptors (Lipinski definition) is 4. The lowest BCUT2D eigenvalue weighted by Crippen LogP contribution is -2.20. The molecule has 1 N–H and O–H groups in total. The largest absolute Gasteiger partial charge is 0.434 e. The average Bonchev–Trinajstić information content (AvgIpc) is 3.10. The molecule has 1 aromatic heterocycles. The van der Waals surface area contributed by atoms with Gasteiger partial charge in [0.05, 0.1) is 5.70 Å². The number of halogens is 4. The molecule has 4 rings (SSSR count). The number of nitrogens with one attached hydrogen (secondary N) is 1. The molecule has 0 amide bonds. The van der Waals surface area contributed by atoms with E-state index in [0.717, 1.165) is 10.0 Å². The normalized spacial score (nSPS) is 15.9. The molecule has 138 valence electrons. The number of ether oxygens (including phenoxy) is 1. The Labute approximate surface area is 166 Å². The van der Waals surface area contributed by atoms with Crippen molar-refractivity contribution in [2.75, 3.05) is 5.32 Å². The first kappa shape index (κ1) is 17.9. The van der Waals surface area contributed by atoms with Crippen LogP contribution < -0.4 is 10.1 Å². The maximum absolute atomic E-state index is 12.8. The predicted molar refractivity (Wildman–Crippen MR) is 102 cm³/mol. The van der Waals surface area contributed by atoms with E-state index in [2.05, 4.69) is 36.1 Å². The smallest absolute Gasteiger partial charge is 0.387 e. The highest BCUT2D eigenvalue weighted by Gasteiger charge is 2.25. The van der Waals surface area contributed by atoms with Gasteiger partial charge in [-0.2, -0.15) is 18.9 Å². The zero-order valence-electron chi connectivity index (χ0n) is 13.6. The Morgan fingerprint density at radius 3 is 2.70 bits per heavy atom. The van der Waals surface area contributed by atoms with Crippen molar-refractivity contribution in [3.63, 3.8) is 0 Å². The third-order valence-electron chi connectivity index (χ3n) is 4.07. The van der Waals surface area contributed by atoms with Gasteiger partial charge in [-0.15, -0.1) is 0 Å². The van der Waals surface area contributed by atoms with Crippen LogP contribution in [0.5, 0.6) is 5.75 Å². The van der Waals surface area contributed by atoms with E-state index in [-0.39, 0.29) is 11.8 Å². The third-order valence-corrected chi connectivity index (χ3v) is 4.83. The number of benzene rings is 2. The fraction of sp³-hybridized carbons (Fsp3) is 0.111. The van der Waals surface area contributed by atoms with Crippen molar-refractivity contribution in [2.24, 2.45) is 0 Å². The Hall–Kier alpha value is -2.45. The summed E-state index contributed by atoms with van der Waals surface area (Å²) in [5.41, 5.74) is 2.00. The Bertz CT molecular complexity index is 1010. The Balaban J connectivity index is 1.81. The Morgan fingerprint density at radius 1 is 1.19 bits per heavy atom. The third kappa shape index (κ3) is 3.68. The predicted octanol–water partition coefficient (Wildman–Crippen LogP) is 5.35. The van der Waals surface area contributed by atoms with E-state index in [1.54, 1.807) is 16.8 Å². The molecule has 3 aromatic rings. The van der Waals surface area contributed by atoms with Gasteiger partial charge in [-0.1, -0.05) is 39.7 Å². The number of alkyl halides is 2. The van der Waals surface area contributed by atoms with Crippen molar-refractivity contribution in [1.29, 1.82) is 0 Å². The van der Waals surface area contributed by atoms with Gasteiger partial charge in [0.1, 0.15) is 18.1 Å². The second-order valence-electron chi connectivity index (χ2n) is 5.75. The highest BCUT2D eigenvalue weighted by molar-refractivity contribution is 9.10. The van der Waals surface area contributed by atoms with Crippen molar-refractivity contribution in [3.05, 3.63) is 75.5 Å². The Morgan fingerprint density at radius 2 is 1.96 bits per heavy atom. The number of nitrogens with zero attached hydrogens (tertiary/aromatic N) is 3. The zero-order valence-corrected chi connectivity index (χ0v) is 16.0. The van der Waals surface area contributed by atoms with Crippen molar-refractivity contribution < 1.29 is 13.5 Å². The molecule has 2 heterocycles. The van der Waals surface area contributed by atoms with Gasteiger partial charge in [-0.25, -0.2) is 4.68 Å². The number of hydrogen-bond donors (Lipinski definition) is 1. The van der Waals surface area contributed by atoms with E-state index in [1.165, 1.54) is 12.4 Å². The SMILES string of the molecule is FC(F)Oc1cc(Cl)ccc1C1=C[C@@H](c2ccc(Br)cc2)n2ncnc2N1. The molecule has 0 radical (unpaired) electrons. The lowest BCUT2D eigenvalue weighted by molar-refractivity contribution is -0.0500. The van der Waals surface area contributed by atoms with Crippen molar-refractivity contribution in [1.82, 2.24) is 14.8 Å². The summed E-state index contributed by atoms with van der Waals surface area (Å²) in [6.07, 6.45) is 3.32. The summed E-state index contributed by atoms with van der Waals surface area (Å²) in [5, 5.41) is 7.68. The summed E-state index contributed by atoms with van der Waals surface area (Å²) in [6, 6.07) is 12.1. The molecular weight excluding hydrogens is 442 g/mol. The minimum atomic E-state index is -2.96. The molecule has 0 bridgehead atoms. The molecule has 5 nitrogen and oxygen atoms in total. The first-order chi connectivity index (χ1) is 13.0. The van der Waals surface area contributed by atoms with Gasteiger partial charge in [0.25, 0.3) is 0 Å². The van der Waals surface area contributed by atoms with Gasteiger partial charge in [0, 0.05) is 15.1 Å². The number of allylic oxidation sites excluding steroid dienone is 1. The summed E-state index contributed by atoms with van der Waals surface area (Å²) in [5.74, 6) is 0.483. The fourth-order valence-electron chi connectivity index (χ4n) is 2.90. The fourth-order valence-corrected chi connectivity index (χ4v) is 3.33. The van der Waals surface area contributed by atoms with Gasteiger partial charge in [0.15, 0.2) is 0 Å². The van der Waals surface area contributed by atoms with E-state index >= 15 is 0 Å². The van der Waals surface area contributed by atoms with Crippen LogP contribution in [0, 0.1) is 0 Å². The molecule has 1 aliphatic heterocycles. The number of rotatable bonds is 4. The highest BCUT2D eigenvalue weighted by atomic mass is 79.9. The van der Waals surface area contributed by atoms with Gasteiger partial charge < -0.3 is 10.1 Å². The molecule has 0 spiro atoms. The van der Waals surface area contributed by atoms with Crippen LogP contribution >= 0.6 is 27.5 Å². The second-order valence-corrected chi connectivity index (χ2v) is 7.10. The molecule has 0 aliphatic carbocycles. The van der Waals surface area contributed by atoms with Crippen LogP contribution in [-0.2, 0) is 0 Å². The summed E-state index contributed by atoms with van der Waals surface area (Å²) in [6.45, 7) is -2.96. The molecule has 1 aliphatic rings. The van der Waals surface area contributed by atoms with Crippen molar-refractivity contribution in [3.8, 4) is 5.75 Å². The van der Waals surface area contributed by atoms with Crippen LogP contribution in [0.2, 0.25) is 5.02 Å². The molecular formula is C18H12BrClF2N4O. The first-order valence-corrected chi connectivity index (χ1v) is 9.07. The first-order valence-electron chi connectivity index (χ1n) is 7.90. The van der Waals surface area contributed by atoms with Crippen LogP contribution in [0.4, 0.5) is 14.7 Å². The average molecular weight is 454 g/mol. The van der Waals surface area contributed by atoms with E-state index in [4.69, 9.17) is 11.6 Å². The highest BCUT2D eigenvalue weighted by Crippen LogP contribution is 2.37. The van der Waals surface area contributed by atoms with Crippen LogP contribution in [0.3, 0.4) is 0 Å². The lowest BCUT2D eigenvalue weighted by atomic mass is 10.0. The minimum Gasteiger partial charge on any atom is -0.434 e. The zero-order chi connectivity index (χ0) is 19.0. The van der Waals surface area contributed by atoms with Crippen molar-refractivity contribution >= 4 is 39.2 Å². The number of anilines is 1. The number of aromatic nitrogens is 3. The molecule has 27 heavy (non-hydrogen) atoms. The van der Waals surface area contributed by atoms with E-state index in [9.17, 15) is 8.78 Å². The van der Waals surface area contributed by atoms with Crippen LogP contribution in [-0.4, -0.2) is 21.4 Å². The number of fused-ring (bicyclic) bond motifs is 1. The summed E-state index contributed by atoms with van der Waals surface area (Å²) < 4.78 is 33.0. The molecule has 0 fully saturated rings. The van der Waals surface area contributed by atoms with E-state index < -0.39 is 6.61 Å².